The minimum absolute atomic E-state index is 0.0198. The minimum atomic E-state index is -0.526. The lowest BCUT2D eigenvalue weighted by atomic mass is 9.97. The van der Waals surface area contributed by atoms with Crippen LogP contribution < -0.4 is 10.6 Å². The number of carbonyl (C=O) groups excluding carboxylic acids is 3. The molecule has 1 unspecified atom stereocenters. The predicted molar refractivity (Wildman–Crippen MR) is 118 cm³/mol. The number of nitrogens with zero attached hydrogens (tertiary/aromatic N) is 1. The molecule has 8 heteroatoms. The SMILES string of the molecule is CC(C)COC(=O)Nc1cccc(NC(=O)C2CCCN(C(=O)c3cccs3)C2)c1. The first-order valence-electron chi connectivity index (χ1n) is 10.1. The Labute approximate surface area is 180 Å². The van der Waals surface area contributed by atoms with Crippen LogP contribution in [-0.2, 0) is 9.53 Å². The molecule has 0 spiro atoms. The molecular weight excluding hydrogens is 402 g/mol. The molecule has 1 saturated heterocycles. The topological polar surface area (TPSA) is 87.7 Å². The monoisotopic (exact) mass is 429 g/mol. The van der Waals surface area contributed by atoms with Crippen molar-refractivity contribution >= 4 is 40.6 Å². The Morgan fingerprint density at radius 3 is 2.63 bits per heavy atom. The molecule has 3 amide bonds. The molecule has 0 aliphatic carbocycles. The van der Waals surface area contributed by atoms with Crippen molar-refractivity contribution in [3.63, 3.8) is 0 Å². The van der Waals surface area contributed by atoms with Crippen LogP contribution in [0, 0.1) is 11.8 Å². The Hall–Kier alpha value is -2.87. The molecule has 1 atom stereocenters. The molecule has 30 heavy (non-hydrogen) atoms. The van der Waals surface area contributed by atoms with Gasteiger partial charge in [-0.2, -0.15) is 0 Å². The van der Waals surface area contributed by atoms with E-state index in [1.165, 1.54) is 11.3 Å². The molecule has 1 aliphatic rings. The molecule has 0 bridgehead atoms. The van der Waals surface area contributed by atoms with Gasteiger partial charge in [0.2, 0.25) is 5.91 Å². The maximum absolute atomic E-state index is 12.8. The van der Waals surface area contributed by atoms with Crippen molar-refractivity contribution in [2.24, 2.45) is 11.8 Å². The zero-order chi connectivity index (χ0) is 21.5. The third-order valence-electron chi connectivity index (χ3n) is 4.74. The van der Waals surface area contributed by atoms with Crippen molar-refractivity contribution in [2.75, 3.05) is 30.3 Å². The zero-order valence-corrected chi connectivity index (χ0v) is 18.0. The highest BCUT2D eigenvalue weighted by Gasteiger charge is 2.29. The number of rotatable bonds is 6. The van der Waals surface area contributed by atoms with E-state index in [-0.39, 0.29) is 23.7 Å². The number of piperidine rings is 1. The van der Waals surface area contributed by atoms with Gasteiger partial charge in [0.05, 0.1) is 17.4 Å². The van der Waals surface area contributed by atoms with Crippen molar-refractivity contribution in [1.82, 2.24) is 4.90 Å². The highest BCUT2D eigenvalue weighted by Crippen LogP contribution is 2.23. The van der Waals surface area contributed by atoms with Gasteiger partial charge in [0.15, 0.2) is 0 Å². The Morgan fingerprint density at radius 1 is 1.17 bits per heavy atom. The van der Waals surface area contributed by atoms with E-state index in [1.807, 2.05) is 25.3 Å². The van der Waals surface area contributed by atoms with E-state index in [2.05, 4.69) is 10.6 Å². The molecule has 1 fully saturated rings. The van der Waals surface area contributed by atoms with Crippen LogP contribution >= 0.6 is 11.3 Å². The molecule has 0 saturated carbocycles. The molecule has 160 valence electrons. The van der Waals surface area contributed by atoms with E-state index in [0.29, 0.717) is 35.9 Å². The fourth-order valence-corrected chi connectivity index (χ4v) is 3.94. The molecule has 2 N–H and O–H groups in total. The summed E-state index contributed by atoms with van der Waals surface area (Å²) in [6, 6.07) is 10.6. The van der Waals surface area contributed by atoms with Gasteiger partial charge in [-0.05, 0) is 48.4 Å². The average Bonchev–Trinajstić information content (AvgIpc) is 3.27. The second-order valence-electron chi connectivity index (χ2n) is 7.75. The standard InChI is InChI=1S/C22H27N3O4S/c1-15(2)14-29-22(28)24-18-8-3-7-17(12-18)23-20(26)16-6-4-10-25(13-16)21(27)19-9-5-11-30-19/h3,5,7-9,11-12,15-16H,4,6,10,13-14H2,1-2H3,(H,23,26)(H,24,28). The third kappa shape index (κ3) is 6.06. The number of hydrogen-bond donors (Lipinski definition) is 2. The van der Waals surface area contributed by atoms with E-state index in [0.717, 1.165) is 12.8 Å². The van der Waals surface area contributed by atoms with Crippen LogP contribution in [0.1, 0.15) is 36.4 Å². The lowest BCUT2D eigenvalue weighted by Crippen LogP contribution is -2.43. The summed E-state index contributed by atoms with van der Waals surface area (Å²) < 4.78 is 5.11. The average molecular weight is 430 g/mol. The van der Waals surface area contributed by atoms with Crippen LogP contribution in [0.2, 0.25) is 0 Å². The van der Waals surface area contributed by atoms with Gasteiger partial charge in [-0.3, -0.25) is 14.9 Å². The number of carbonyl (C=O) groups is 3. The van der Waals surface area contributed by atoms with E-state index < -0.39 is 6.09 Å². The van der Waals surface area contributed by atoms with Crippen molar-refractivity contribution in [3.8, 4) is 0 Å². The van der Waals surface area contributed by atoms with Crippen molar-refractivity contribution in [3.05, 3.63) is 46.7 Å². The summed E-state index contributed by atoms with van der Waals surface area (Å²) in [5.41, 5.74) is 1.13. The summed E-state index contributed by atoms with van der Waals surface area (Å²) in [7, 11) is 0. The Bertz CT molecular complexity index is 882. The summed E-state index contributed by atoms with van der Waals surface area (Å²) in [5, 5.41) is 7.44. The largest absolute Gasteiger partial charge is 0.449 e. The highest BCUT2D eigenvalue weighted by atomic mass is 32.1. The van der Waals surface area contributed by atoms with Crippen molar-refractivity contribution in [1.29, 1.82) is 0 Å². The highest BCUT2D eigenvalue weighted by molar-refractivity contribution is 7.12. The molecule has 2 heterocycles. The van der Waals surface area contributed by atoms with Crippen LogP contribution in [0.5, 0.6) is 0 Å². The fraction of sp³-hybridized carbons (Fsp3) is 0.409. The molecule has 1 aliphatic heterocycles. The van der Waals surface area contributed by atoms with E-state index in [9.17, 15) is 14.4 Å². The van der Waals surface area contributed by atoms with Gasteiger partial charge in [0.1, 0.15) is 0 Å². The second kappa shape index (κ2) is 10.2. The molecule has 0 radical (unpaired) electrons. The number of ether oxygens (including phenoxy) is 1. The van der Waals surface area contributed by atoms with Crippen LogP contribution in [0.25, 0.3) is 0 Å². The van der Waals surface area contributed by atoms with Crippen LogP contribution in [-0.4, -0.2) is 42.5 Å². The van der Waals surface area contributed by atoms with Crippen molar-refractivity contribution < 1.29 is 19.1 Å². The first-order valence-corrected chi connectivity index (χ1v) is 11.0. The van der Waals surface area contributed by atoms with E-state index in [4.69, 9.17) is 4.74 Å². The number of anilines is 2. The van der Waals surface area contributed by atoms with E-state index in [1.54, 1.807) is 35.2 Å². The Kier molecular flexibility index (Phi) is 7.46. The number of thiophene rings is 1. The molecule has 2 aromatic rings. The van der Waals surface area contributed by atoms with Gasteiger partial charge in [0, 0.05) is 24.5 Å². The quantitative estimate of drug-likeness (QED) is 0.710. The lowest BCUT2D eigenvalue weighted by Gasteiger charge is -2.31. The maximum atomic E-state index is 12.8. The van der Waals surface area contributed by atoms with E-state index >= 15 is 0 Å². The van der Waals surface area contributed by atoms with Gasteiger partial charge < -0.3 is 15.0 Å². The number of hydrogen-bond acceptors (Lipinski definition) is 5. The summed E-state index contributed by atoms with van der Waals surface area (Å²) in [4.78, 5) is 39.6. The van der Waals surface area contributed by atoms with Crippen LogP contribution in [0.15, 0.2) is 41.8 Å². The Morgan fingerprint density at radius 2 is 1.93 bits per heavy atom. The third-order valence-corrected chi connectivity index (χ3v) is 5.59. The molecule has 1 aromatic carbocycles. The molecular formula is C22H27N3O4S. The number of benzene rings is 1. The molecule has 1 aromatic heterocycles. The molecule has 3 rings (SSSR count). The fourth-order valence-electron chi connectivity index (χ4n) is 3.25. The molecule has 7 nitrogen and oxygen atoms in total. The smallest absolute Gasteiger partial charge is 0.411 e. The summed E-state index contributed by atoms with van der Waals surface area (Å²) in [6.07, 6.45) is 1.00. The summed E-state index contributed by atoms with van der Waals surface area (Å²) in [5.74, 6) is -0.162. The Balaban J connectivity index is 1.56. The number of likely N-dealkylation sites (tertiary alicyclic amines) is 1. The van der Waals surface area contributed by atoms with Gasteiger partial charge in [-0.1, -0.05) is 26.0 Å². The van der Waals surface area contributed by atoms with Gasteiger partial charge in [-0.15, -0.1) is 11.3 Å². The number of amides is 3. The van der Waals surface area contributed by atoms with Gasteiger partial charge in [0.25, 0.3) is 5.91 Å². The normalized spacial score (nSPS) is 16.2. The summed E-state index contributed by atoms with van der Waals surface area (Å²) >= 11 is 1.41. The van der Waals surface area contributed by atoms with Gasteiger partial charge in [-0.25, -0.2) is 4.79 Å². The van der Waals surface area contributed by atoms with Crippen LogP contribution in [0.4, 0.5) is 16.2 Å². The number of nitrogens with one attached hydrogen (secondary N) is 2. The predicted octanol–water partition coefficient (Wildman–Crippen LogP) is 4.44. The minimum Gasteiger partial charge on any atom is -0.449 e. The summed E-state index contributed by atoms with van der Waals surface area (Å²) in [6.45, 7) is 5.33. The van der Waals surface area contributed by atoms with Crippen LogP contribution in [0.3, 0.4) is 0 Å². The first kappa shape index (κ1) is 21.8. The van der Waals surface area contributed by atoms with Crippen molar-refractivity contribution in [2.45, 2.75) is 26.7 Å². The lowest BCUT2D eigenvalue weighted by molar-refractivity contribution is -0.121. The van der Waals surface area contributed by atoms with Gasteiger partial charge >= 0.3 is 6.09 Å². The first-order chi connectivity index (χ1) is 14.4. The second-order valence-corrected chi connectivity index (χ2v) is 8.70. The zero-order valence-electron chi connectivity index (χ0n) is 17.2. The maximum Gasteiger partial charge on any atom is 0.411 e.